The molecule has 1 aliphatic rings. The number of piperidine rings is 1. The Balaban J connectivity index is 1.82. The van der Waals surface area contributed by atoms with Crippen LogP contribution in [0.4, 0.5) is 0 Å². The van der Waals surface area contributed by atoms with Crippen LogP contribution in [-0.2, 0) is 16.6 Å². The summed E-state index contributed by atoms with van der Waals surface area (Å²) in [6.45, 7) is 1.44. The number of aromatic carboxylic acids is 1. The van der Waals surface area contributed by atoms with E-state index in [0.29, 0.717) is 19.6 Å². The molecule has 1 unspecified atom stereocenters. The first kappa shape index (κ1) is 17.4. The summed E-state index contributed by atoms with van der Waals surface area (Å²) in [5.41, 5.74) is -0.423. The molecule has 0 radical (unpaired) electrons. The third kappa shape index (κ3) is 3.67. The molecule has 1 aliphatic heterocycles. The van der Waals surface area contributed by atoms with Crippen molar-refractivity contribution >= 4 is 16.0 Å². The van der Waals surface area contributed by atoms with Crippen molar-refractivity contribution in [2.75, 3.05) is 13.1 Å². The SMILES string of the molecule is O=C(O)c1cc(S(=O)(=O)N2CCCC(Cn3ccnc3)C2)ccc1O. The van der Waals surface area contributed by atoms with Crippen LogP contribution in [0.3, 0.4) is 0 Å². The summed E-state index contributed by atoms with van der Waals surface area (Å²) in [4.78, 5) is 15.0. The molecule has 8 nitrogen and oxygen atoms in total. The lowest BCUT2D eigenvalue weighted by Gasteiger charge is -2.32. The Hall–Kier alpha value is -2.39. The Kier molecular flexibility index (Phi) is 4.78. The van der Waals surface area contributed by atoms with Crippen molar-refractivity contribution in [3.8, 4) is 5.75 Å². The fourth-order valence-corrected chi connectivity index (χ4v) is 4.66. The van der Waals surface area contributed by atoms with Gasteiger partial charge in [-0.25, -0.2) is 18.2 Å². The third-order valence-corrected chi connectivity index (χ3v) is 6.21. The van der Waals surface area contributed by atoms with Gasteiger partial charge in [0.25, 0.3) is 0 Å². The maximum atomic E-state index is 12.9. The van der Waals surface area contributed by atoms with Crippen molar-refractivity contribution in [2.24, 2.45) is 5.92 Å². The molecule has 9 heteroatoms. The van der Waals surface area contributed by atoms with E-state index < -0.39 is 27.3 Å². The van der Waals surface area contributed by atoms with Crippen LogP contribution in [0.1, 0.15) is 23.2 Å². The smallest absolute Gasteiger partial charge is 0.339 e. The van der Waals surface area contributed by atoms with Gasteiger partial charge in [-0.2, -0.15) is 4.31 Å². The Labute approximate surface area is 145 Å². The van der Waals surface area contributed by atoms with Gasteiger partial charge in [-0.3, -0.25) is 0 Å². The first-order valence-corrected chi connectivity index (χ1v) is 9.34. The van der Waals surface area contributed by atoms with Gasteiger partial charge in [0, 0.05) is 32.0 Å². The zero-order valence-corrected chi connectivity index (χ0v) is 14.3. The van der Waals surface area contributed by atoms with Gasteiger partial charge in [0.15, 0.2) is 0 Å². The van der Waals surface area contributed by atoms with Gasteiger partial charge in [0.1, 0.15) is 11.3 Å². The quantitative estimate of drug-likeness (QED) is 0.828. The van der Waals surface area contributed by atoms with Gasteiger partial charge in [0.05, 0.1) is 11.2 Å². The molecule has 1 aromatic carbocycles. The summed E-state index contributed by atoms with van der Waals surface area (Å²) >= 11 is 0. The van der Waals surface area contributed by atoms with E-state index in [1.165, 1.54) is 10.4 Å². The highest BCUT2D eigenvalue weighted by Gasteiger charge is 2.31. The van der Waals surface area contributed by atoms with Crippen molar-refractivity contribution in [1.29, 1.82) is 0 Å². The van der Waals surface area contributed by atoms with Gasteiger partial charge < -0.3 is 14.8 Å². The summed E-state index contributed by atoms with van der Waals surface area (Å²) in [5.74, 6) is -1.66. The van der Waals surface area contributed by atoms with Gasteiger partial charge >= 0.3 is 5.97 Å². The van der Waals surface area contributed by atoms with E-state index in [0.717, 1.165) is 25.0 Å². The molecule has 1 saturated heterocycles. The molecule has 0 bridgehead atoms. The lowest BCUT2D eigenvalue weighted by molar-refractivity contribution is 0.0693. The van der Waals surface area contributed by atoms with E-state index in [4.69, 9.17) is 5.11 Å². The zero-order valence-electron chi connectivity index (χ0n) is 13.4. The third-order valence-electron chi connectivity index (χ3n) is 4.35. The highest BCUT2D eigenvalue weighted by Crippen LogP contribution is 2.27. The molecular weight excluding hydrogens is 346 g/mol. The van der Waals surface area contributed by atoms with Gasteiger partial charge in [0.2, 0.25) is 10.0 Å². The second-order valence-electron chi connectivity index (χ2n) is 6.11. The molecule has 0 saturated carbocycles. The van der Waals surface area contributed by atoms with Crippen molar-refractivity contribution in [3.05, 3.63) is 42.5 Å². The van der Waals surface area contributed by atoms with Crippen LogP contribution in [0.2, 0.25) is 0 Å². The molecule has 1 fully saturated rings. The Morgan fingerprint density at radius 2 is 2.16 bits per heavy atom. The van der Waals surface area contributed by atoms with Crippen LogP contribution in [0.5, 0.6) is 5.75 Å². The minimum Gasteiger partial charge on any atom is -0.507 e. The number of carbonyl (C=O) groups is 1. The highest BCUT2D eigenvalue weighted by molar-refractivity contribution is 7.89. The predicted molar refractivity (Wildman–Crippen MR) is 88.8 cm³/mol. The molecule has 1 atom stereocenters. The van der Waals surface area contributed by atoms with Crippen LogP contribution < -0.4 is 0 Å². The average Bonchev–Trinajstić information content (AvgIpc) is 3.08. The number of phenols is 1. The second kappa shape index (κ2) is 6.85. The largest absolute Gasteiger partial charge is 0.507 e. The van der Waals surface area contributed by atoms with Crippen molar-refractivity contribution < 1.29 is 23.4 Å². The number of carboxylic acid groups (broad SMARTS) is 1. The molecule has 1 aromatic heterocycles. The maximum Gasteiger partial charge on any atom is 0.339 e. The standard InChI is InChI=1S/C16H19N3O5S/c20-15-4-3-13(8-14(15)16(21)22)25(23,24)19-6-1-2-12(10-19)9-18-7-5-17-11-18/h3-5,7-8,11-12,20H,1-2,6,9-10H2,(H,21,22). The van der Waals surface area contributed by atoms with E-state index in [9.17, 15) is 18.3 Å². The van der Waals surface area contributed by atoms with Crippen molar-refractivity contribution in [2.45, 2.75) is 24.3 Å². The maximum absolute atomic E-state index is 12.9. The molecule has 2 aromatic rings. The van der Waals surface area contributed by atoms with E-state index >= 15 is 0 Å². The van der Waals surface area contributed by atoms with Crippen LogP contribution in [0.15, 0.2) is 41.8 Å². The van der Waals surface area contributed by atoms with Gasteiger partial charge in [-0.05, 0) is 37.0 Å². The number of imidazole rings is 1. The zero-order chi connectivity index (χ0) is 18.0. The Morgan fingerprint density at radius 3 is 2.84 bits per heavy atom. The molecule has 134 valence electrons. The fraction of sp³-hybridized carbons (Fsp3) is 0.375. The lowest BCUT2D eigenvalue weighted by atomic mass is 10.00. The van der Waals surface area contributed by atoms with Crippen LogP contribution >= 0.6 is 0 Å². The average molecular weight is 365 g/mol. The van der Waals surface area contributed by atoms with Gasteiger partial charge in [-0.1, -0.05) is 0 Å². The monoisotopic (exact) mass is 365 g/mol. The summed E-state index contributed by atoms with van der Waals surface area (Å²) in [5, 5.41) is 18.6. The fourth-order valence-electron chi connectivity index (χ4n) is 3.08. The number of rotatable bonds is 5. The number of benzene rings is 1. The number of aromatic hydroxyl groups is 1. The number of hydrogen-bond donors (Lipinski definition) is 2. The summed E-state index contributed by atoms with van der Waals surface area (Å²) in [6.07, 6.45) is 6.88. The summed E-state index contributed by atoms with van der Waals surface area (Å²) < 4.78 is 29.0. The Bertz CT molecular complexity index is 864. The predicted octanol–water partition coefficient (Wildman–Crippen LogP) is 1.39. The number of sulfonamides is 1. The molecule has 2 heterocycles. The van der Waals surface area contributed by atoms with Crippen molar-refractivity contribution in [3.63, 3.8) is 0 Å². The number of nitrogens with zero attached hydrogens (tertiary/aromatic N) is 3. The van der Waals surface area contributed by atoms with E-state index in [1.807, 2.05) is 10.8 Å². The summed E-state index contributed by atoms with van der Waals surface area (Å²) in [7, 11) is -3.81. The molecule has 0 aliphatic carbocycles. The lowest BCUT2D eigenvalue weighted by Crippen LogP contribution is -2.41. The topological polar surface area (TPSA) is 113 Å². The molecule has 3 rings (SSSR count). The van der Waals surface area contributed by atoms with E-state index in [1.54, 1.807) is 12.5 Å². The molecule has 0 spiro atoms. The second-order valence-corrected chi connectivity index (χ2v) is 8.05. The van der Waals surface area contributed by atoms with Gasteiger partial charge in [-0.15, -0.1) is 0 Å². The van der Waals surface area contributed by atoms with Crippen LogP contribution in [0, 0.1) is 5.92 Å². The molecule has 0 amide bonds. The summed E-state index contributed by atoms with van der Waals surface area (Å²) in [6, 6.07) is 3.34. The highest BCUT2D eigenvalue weighted by atomic mass is 32.2. The minimum absolute atomic E-state index is 0.119. The first-order valence-electron chi connectivity index (χ1n) is 7.90. The molecule has 2 N–H and O–H groups in total. The molecule has 25 heavy (non-hydrogen) atoms. The first-order chi connectivity index (χ1) is 11.9. The number of carboxylic acids is 1. The van der Waals surface area contributed by atoms with Crippen LogP contribution in [-0.4, -0.2) is 51.5 Å². The normalized spacial score (nSPS) is 19.0. The van der Waals surface area contributed by atoms with E-state index in [-0.39, 0.29) is 10.8 Å². The molecular formula is C16H19N3O5S. The minimum atomic E-state index is -3.81. The van der Waals surface area contributed by atoms with E-state index in [2.05, 4.69) is 4.98 Å². The number of hydrogen-bond acceptors (Lipinski definition) is 5. The Morgan fingerprint density at radius 1 is 1.36 bits per heavy atom. The van der Waals surface area contributed by atoms with Crippen LogP contribution in [0.25, 0.3) is 0 Å². The number of aromatic nitrogens is 2. The van der Waals surface area contributed by atoms with Crippen molar-refractivity contribution in [1.82, 2.24) is 13.9 Å².